The van der Waals surface area contributed by atoms with E-state index in [0.29, 0.717) is 11.8 Å². The molecule has 4 heteroatoms. The van der Waals surface area contributed by atoms with Gasteiger partial charge in [-0.05, 0) is 29.7 Å². The summed E-state index contributed by atoms with van der Waals surface area (Å²) in [6, 6.07) is 20.4. The Kier molecular flexibility index (Phi) is 5.09. The highest BCUT2D eigenvalue weighted by Gasteiger charge is 2.54. The molecule has 0 saturated carbocycles. The van der Waals surface area contributed by atoms with Crippen molar-refractivity contribution < 1.29 is 9.59 Å². The van der Waals surface area contributed by atoms with E-state index in [2.05, 4.69) is 35.8 Å². The summed E-state index contributed by atoms with van der Waals surface area (Å²) < 4.78 is 0.809. The number of pyridine rings is 1. The number of benzene rings is 2. The van der Waals surface area contributed by atoms with Crippen molar-refractivity contribution in [1.82, 2.24) is 4.98 Å². The maximum Gasteiger partial charge on any atom is 0.131 e. The summed E-state index contributed by atoms with van der Waals surface area (Å²) >= 11 is 0. The van der Waals surface area contributed by atoms with Gasteiger partial charge in [-0.1, -0.05) is 42.5 Å². The number of aromatic nitrogens is 1. The third-order valence-corrected chi connectivity index (χ3v) is 7.66. The van der Waals surface area contributed by atoms with E-state index in [1.54, 1.807) is 6.20 Å². The average Bonchev–Trinajstić information content (AvgIpc) is 2.83. The van der Waals surface area contributed by atoms with Gasteiger partial charge in [0.05, 0.1) is 30.2 Å². The molecule has 31 heavy (non-hydrogen) atoms. The Morgan fingerprint density at radius 3 is 2.84 bits per heavy atom. The Hall–Kier alpha value is -3.00. The Morgan fingerprint density at radius 2 is 2.00 bits per heavy atom. The molecule has 0 aliphatic carbocycles. The number of nitriles is 1. The zero-order valence-corrected chi connectivity index (χ0v) is 17.7. The van der Waals surface area contributed by atoms with Crippen LogP contribution < -0.4 is 0 Å². The molecule has 1 aromatic heterocycles. The fraction of sp³-hybridized carbons (Fsp3) is 0.333. The third-order valence-electron chi connectivity index (χ3n) is 7.66. The van der Waals surface area contributed by atoms with Crippen LogP contribution >= 0.6 is 0 Å². The Labute approximate surface area is 183 Å². The second kappa shape index (κ2) is 7.92. The highest BCUT2D eigenvalue weighted by Crippen LogP contribution is 2.48. The number of nitrogens with zero attached hydrogens (tertiary/aromatic N) is 3. The number of hydrogen-bond donors (Lipinski definition) is 1. The summed E-state index contributed by atoms with van der Waals surface area (Å²) in [5.41, 5.74) is 3.69. The molecule has 3 saturated heterocycles. The topological polar surface area (TPSA) is 56.9 Å². The van der Waals surface area contributed by atoms with Gasteiger partial charge in [-0.15, -0.1) is 6.58 Å². The van der Waals surface area contributed by atoms with Crippen LogP contribution in [0.4, 0.5) is 0 Å². The van der Waals surface area contributed by atoms with E-state index in [-0.39, 0.29) is 6.04 Å². The van der Waals surface area contributed by atoms with E-state index in [1.807, 2.05) is 42.5 Å². The molecule has 3 aromatic rings. The van der Waals surface area contributed by atoms with Crippen LogP contribution in [0.5, 0.6) is 0 Å². The van der Waals surface area contributed by atoms with E-state index in [4.69, 9.17) is 0 Å². The monoisotopic (exact) mass is 410 g/mol. The highest BCUT2D eigenvalue weighted by atomic mass is 16.3. The van der Waals surface area contributed by atoms with Crippen molar-refractivity contribution >= 4 is 10.9 Å². The molecule has 4 heterocycles. The predicted octanol–water partition coefficient (Wildman–Crippen LogP) is 4.75. The number of rotatable bonds is 5. The van der Waals surface area contributed by atoms with Crippen molar-refractivity contribution in [2.24, 2.45) is 11.8 Å². The van der Waals surface area contributed by atoms with Crippen molar-refractivity contribution in [3.63, 3.8) is 0 Å². The largest absolute Gasteiger partial charge is 0.382 e. The Bertz CT molecular complexity index is 1160. The lowest BCUT2D eigenvalue weighted by molar-refractivity contribution is -0.985. The van der Waals surface area contributed by atoms with Gasteiger partial charge < -0.3 is 9.59 Å². The number of hydrogen-bond acceptors (Lipinski definition) is 3. The van der Waals surface area contributed by atoms with Gasteiger partial charge in [-0.25, -0.2) is 0 Å². The molecule has 0 radical (unpaired) electrons. The minimum absolute atomic E-state index is 0.0903. The first-order valence-corrected chi connectivity index (χ1v) is 11.1. The van der Waals surface area contributed by atoms with Gasteiger partial charge in [0.1, 0.15) is 18.7 Å². The molecule has 0 amide bonds. The predicted molar refractivity (Wildman–Crippen MR) is 122 cm³/mol. The van der Waals surface area contributed by atoms with Gasteiger partial charge in [0.25, 0.3) is 0 Å². The van der Waals surface area contributed by atoms with Crippen molar-refractivity contribution in [1.29, 1.82) is 5.26 Å². The van der Waals surface area contributed by atoms with Crippen molar-refractivity contribution in [2.45, 2.75) is 31.5 Å². The van der Waals surface area contributed by atoms with Crippen LogP contribution in [0, 0.1) is 23.2 Å². The zero-order valence-electron chi connectivity index (χ0n) is 17.7. The lowest BCUT2D eigenvalue weighted by Crippen LogP contribution is -2.67. The van der Waals surface area contributed by atoms with E-state index >= 15 is 0 Å². The lowest BCUT2D eigenvalue weighted by Gasteiger charge is -2.58. The highest BCUT2D eigenvalue weighted by molar-refractivity contribution is 5.82. The van der Waals surface area contributed by atoms with E-state index in [0.717, 1.165) is 64.6 Å². The quantitative estimate of drug-likeness (QED) is 0.488. The standard InChI is InChI=1S/C27H28N3O/c1-2-19-17-30(18-22-8-4-3-7-21(22)16-28)14-12-20(19)15-26(30)27(31)24-11-13-29-25-10-6-5-9-23(24)25/h2-11,13,19-20,26-27,31H,1,12,14-15,17-18H2/q+1. The summed E-state index contributed by atoms with van der Waals surface area (Å²) in [6.07, 6.45) is 5.46. The number of piperidine rings is 3. The molecule has 2 bridgehead atoms. The first kappa shape index (κ1) is 19.9. The fourth-order valence-corrected chi connectivity index (χ4v) is 6.07. The number of aliphatic hydroxyl groups is 1. The number of fused-ring (bicyclic) bond motifs is 4. The normalized spacial score (nSPS) is 28.2. The molecule has 1 N–H and O–H groups in total. The van der Waals surface area contributed by atoms with Gasteiger partial charge >= 0.3 is 0 Å². The second-order valence-corrected chi connectivity index (χ2v) is 9.17. The van der Waals surface area contributed by atoms with Crippen LogP contribution in [0.3, 0.4) is 0 Å². The summed E-state index contributed by atoms with van der Waals surface area (Å²) in [5, 5.41) is 22.4. The summed E-state index contributed by atoms with van der Waals surface area (Å²) in [7, 11) is 0. The van der Waals surface area contributed by atoms with Crippen LogP contribution in [-0.2, 0) is 6.54 Å². The Balaban J connectivity index is 1.58. The molecule has 156 valence electrons. The molecule has 3 aliphatic rings. The minimum Gasteiger partial charge on any atom is -0.382 e. The molecule has 6 rings (SSSR count). The molecule has 0 spiro atoms. The first-order valence-electron chi connectivity index (χ1n) is 11.1. The average molecular weight is 411 g/mol. The van der Waals surface area contributed by atoms with Crippen LogP contribution in [0.25, 0.3) is 10.9 Å². The van der Waals surface area contributed by atoms with Crippen LogP contribution in [0.2, 0.25) is 0 Å². The molecule has 5 unspecified atom stereocenters. The fourth-order valence-electron chi connectivity index (χ4n) is 6.07. The van der Waals surface area contributed by atoms with Gasteiger partial charge in [-0.3, -0.25) is 4.98 Å². The van der Waals surface area contributed by atoms with E-state index in [1.165, 1.54) is 0 Å². The minimum atomic E-state index is -0.573. The molecule has 3 fully saturated rings. The molecule has 5 atom stereocenters. The van der Waals surface area contributed by atoms with Gasteiger partial charge in [0.2, 0.25) is 0 Å². The van der Waals surface area contributed by atoms with Crippen molar-refractivity contribution in [3.05, 3.63) is 90.1 Å². The van der Waals surface area contributed by atoms with E-state index < -0.39 is 6.10 Å². The second-order valence-electron chi connectivity index (χ2n) is 9.17. The van der Waals surface area contributed by atoms with Gasteiger partial charge in [0, 0.05) is 35.9 Å². The third kappa shape index (κ3) is 3.35. The first-order chi connectivity index (χ1) is 15.1. The lowest BCUT2D eigenvalue weighted by atomic mass is 9.71. The van der Waals surface area contributed by atoms with Crippen molar-refractivity contribution in [3.8, 4) is 6.07 Å². The molecule has 2 aromatic carbocycles. The maximum absolute atomic E-state index is 11.8. The van der Waals surface area contributed by atoms with Crippen molar-refractivity contribution in [2.75, 3.05) is 13.1 Å². The molecule has 4 nitrogen and oxygen atoms in total. The Morgan fingerprint density at radius 1 is 1.19 bits per heavy atom. The van der Waals surface area contributed by atoms with Gasteiger partial charge in [0.15, 0.2) is 0 Å². The number of para-hydroxylation sites is 1. The van der Waals surface area contributed by atoms with Gasteiger partial charge in [-0.2, -0.15) is 5.26 Å². The van der Waals surface area contributed by atoms with Crippen LogP contribution in [-0.4, -0.2) is 33.7 Å². The summed E-state index contributed by atoms with van der Waals surface area (Å²) in [6.45, 7) is 6.88. The number of aliphatic hydroxyl groups excluding tert-OH is 1. The molecule has 3 aliphatic heterocycles. The van der Waals surface area contributed by atoms with E-state index in [9.17, 15) is 10.4 Å². The molecular formula is C27H28N3O+. The maximum atomic E-state index is 11.8. The van der Waals surface area contributed by atoms with Crippen LogP contribution in [0.1, 0.15) is 35.6 Å². The summed E-state index contributed by atoms with van der Waals surface area (Å²) in [5.74, 6) is 1.03. The number of quaternary nitrogens is 1. The SMILES string of the molecule is C=CC1C[N+]2(Cc3ccccc3C#N)CCC1CC2C(O)c1ccnc2ccccc12. The van der Waals surface area contributed by atoms with Crippen LogP contribution in [0.15, 0.2) is 73.4 Å². The zero-order chi connectivity index (χ0) is 21.4. The smallest absolute Gasteiger partial charge is 0.131 e. The molecular weight excluding hydrogens is 382 g/mol. The summed E-state index contributed by atoms with van der Waals surface area (Å²) in [4.78, 5) is 4.48.